The first-order chi connectivity index (χ1) is 16.3. The number of hydrogen-bond donors (Lipinski definition) is 2. The molecule has 10 heteroatoms. The number of sulfonamides is 1. The van der Waals surface area contributed by atoms with Gasteiger partial charge in [-0.05, 0) is 61.4 Å². The summed E-state index contributed by atoms with van der Waals surface area (Å²) in [5.74, 6) is 0.859. The molecule has 4 rings (SSSR count). The molecule has 0 radical (unpaired) electrons. The van der Waals surface area contributed by atoms with Crippen LogP contribution in [0.2, 0.25) is 0 Å². The van der Waals surface area contributed by atoms with Gasteiger partial charge in [-0.25, -0.2) is 13.6 Å². The van der Waals surface area contributed by atoms with Crippen LogP contribution in [0.3, 0.4) is 0 Å². The summed E-state index contributed by atoms with van der Waals surface area (Å²) in [7, 11) is -3.79. The second-order valence-electron chi connectivity index (χ2n) is 7.99. The molecule has 0 atom stereocenters. The molecule has 0 saturated carbocycles. The van der Waals surface area contributed by atoms with Gasteiger partial charge in [-0.15, -0.1) is 0 Å². The van der Waals surface area contributed by atoms with Crippen LogP contribution < -0.4 is 15.2 Å². The van der Waals surface area contributed by atoms with E-state index in [0.717, 1.165) is 0 Å². The first kappa shape index (κ1) is 23.5. The van der Waals surface area contributed by atoms with E-state index in [1.165, 1.54) is 24.3 Å². The van der Waals surface area contributed by atoms with Crippen LogP contribution >= 0.6 is 0 Å². The van der Waals surface area contributed by atoms with Crippen LogP contribution in [0.4, 0.5) is 5.69 Å². The van der Waals surface area contributed by atoms with E-state index in [9.17, 15) is 18.0 Å². The quantitative estimate of drug-likeness (QED) is 0.531. The predicted molar refractivity (Wildman–Crippen MR) is 125 cm³/mol. The van der Waals surface area contributed by atoms with Gasteiger partial charge in [0.2, 0.25) is 15.9 Å². The fraction of sp³-hybridized carbons (Fsp3) is 0.250. The lowest BCUT2D eigenvalue weighted by Gasteiger charge is -2.30. The Bertz CT molecular complexity index is 1250. The highest BCUT2D eigenvalue weighted by atomic mass is 32.2. The van der Waals surface area contributed by atoms with Gasteiger partial charge in [0.1, 0.15) is 18.1 Å². The molecule has 2 amide bonds. The fourth-order valence-corrected chi connectivity index (χ4v) is 4.23. The van der Waals surface area contributed by atoms with E-state index in [-0.39, 0.29) is 35.0 Å². The van der Waals surface area contributed by atoms with Crippen molar-refractivity contribution in [1.82, 2.24) is 4.90 Å². The Hall–Kier alpha value is -3.63. The summed E-state index contributed by atoms with van der Waals surface area (Å²) in [6.45, 7) is 1.08. The Kier molecular flexibility index (Phi) is 6.99. The predicted octanol–water partition coefficient (Wildman–Crippen LogP) is 3.00. The van der Waals surface area contributed by atoms with E-state index in [2.05, 4.69) is 5.32 Å². The van der Waals surface area contributed by atoms with Crippen LogP contribution in [0.15, 0.2) is 76.0 Å². The molecule has 1 aromatic heterocycles. The lowest BCUT2D eigenvalue weighted by atomic mass is 9.95. The third kappa shape index (κ3) is 5.83. The fourth-order valence-electron chi connectivity index (χ4n) is 3.71. The summed E-state index contributed by atoms with van der Waals surface area (Å²) in [4.78, 5) is 27.0. The van der Waals surface area contributed by atoms with Crippen molar-refractivity contribution in [2.24, 2.45) is 11.1 Å². The number of ether oxygens (including phenoxy) is 1. The third-order valence-corrected chi connectivity index (χ3v) is 6.53. The van der Waals surface area contributed by atoms with Gasteiger partial charge in [-0.1, -0.05) is 18.2 Å². The van der Waals surface area contributed by atoms with Crippen LogP contribution in [0.25, 0.3) is 0 Å². The summed E-state index contributed by atoms with van der Waals surface area (Å²) in [6.07, 6.45) is 1.02. The highest BCUT2D eigenvalue weighted by Gasteiger charge is 2.29. The molecule has 1 saturated heterocycles. The molecule has 0 bridgehead atoms. The number of likely N-dealkylation sites (tertiary alicyclic amines) is 1. The largest absolute Gasteiger partial charge is 0.486 e. The van der Waals surface area contributed by atoms with Crippen molar-refractivity contribution in [2.45, 2.75) is 24.3 Å². The Morgan fingerprint density at radius 2 is 1.68 bits per heavy atom. The maximum Gasteiger partial charge on any atom is 0.289 e. The summed E-state index contributed by atoms with van der Waals surface area (Å²) in [6, 6.07) is 18.4. The summed E-state index contributed by atoms with van der Waals surface area (Å²) in [5, 5.41) is 7.87. The smallest absolute Gasteiger partial charge is 0.289 e. The molecule has 0 unspecified atom stereocenters. The van der Waals surface area contributed by atoms with Crippen LogP contribution in [0.1, 0.15) is 29.2 Å². The molecule has 0 aliphatic carbocycles. The van der Waals surface area contributed by atoms with Gasteiger partial charge in [0.25, 0.3) is 5.91 Å². The monoisotopic (exact) mass is 483 g/mol. The minimum absolute atomic E-state index is 0.0231. The molecular formula is C24H25N3O6S. The Morgan fingerprint density at radius 3 is 2.32 bits per heavy atom. The molecule has 0 spiro atoms. The zero-order chi connectivity index (χ0) is 24.1. The molecule has 9 nitrogen and oxygen atoms in total. The third-order valence-electron chi connectivity index (χ3n) is 5.60. The Morgan fingerprint density at radius 1 is 1.00 bits per heavy atom. The standard InChI is InChI=1S/C24H25N3O6S/c25-34(30,31)21-9-6-18(7-10-21)26-23(28)17-12-14-27(15-13-17)24(29)22-11-8-20(33-22)16-32-19-4-2-1-3-5-19/h1-11,17H,12-16H2,(H,26,28)(H2,25,30,31). The molecule has 34 heavy (non-hydrogen) atoms. The molecule has 178 valence electrons. The number of rotatable bonds is 7. The van der Waals surface area contributed by atoms with Crippen molar-refractivity contribution in [1.29, 1.82) is 0 Å². The second-order valence-corrected chi connectivity index (χ2v) is 9.55. The number of hydrogen-bond acceptors (Lipinski definition) is 6. The molecule has 1 fully saturated rings. The molecule has 3 N–H and O–H groups in total. The van der Waals surface area contributed by atoms with E-state index in [1.54, 1.807) is 17.0 Å². The first-order valence-electron chi connectivity index (χ1n) is 10.8. The first-order valence-corrected chi connectivity index (χ1v) is 12.3. The average Bonchev–Trinajstić information content (AvgIpc) is 3.32. The number of anilines is 1. The molecule has 1 aliphatic rings. The SMILES string of the molecule is NS(=O)(=O)c1ccc(NC(=O)C2CCN(C(=O)c3ccc(COc4ccccc4)o3)CC2)cc1. The van der Waals surface area contributed by atoms with Gasteiger partial charge in [0.05, 0.1) is 4.90 Å². The van der Waals surface area contributed by atoms with E-state index in [4.69, 9.17) is 14.3 Å². The van der Waals surface area contributed by atoms with Crippen molar-refractivity contribution < 1.29 is 27.2 Å². The Balaban J connectivity index is 1.26. The Labute approximate surface area is 197 Å². The van der Waals surface area contributed by atoms with Crippen LogP contribution in [-0.4, -0.2) is 38.2 Å². The summed E-state index contributed by atoms with van der Waals surface area (Å²) < 4.78 is 34.0. The molecule has 2 aromatic carbocycles. The minimum Gasteiger partial charge on any atom is -0.486 e. The number of furan rings is 1. The van der Waals surface area contributed by atoms with Gasteiger partial charge in [-0.3, -0.25) is 9.59 Å². The highest BCUT2D eigenvalue weighted by Crippen LogP contribution is 2.23. The number of para-hydroxylation sites is 1. The number of primary sulfonamides is 1. The topological polar surface area (TPSA) is 132 Å². The molecular weight excluding hydrogens is 458 g/mol. The minimum atomic E-state index is -3.79. The lowest BCUT2D eigenvalue weighted by Crippen LogP contribution is -2.41. The maximum atomic E-state index is 12.8. The van der Waals surface area contributed by atoms with Crippen molar-refractivity contribution in [3.05, 3.63) is 78.3 Å². The number of carbonyl (C=O) groups excluding carboxylic acids is 2. The van der Waals surface area contributed by atoms with Gasteiger partial charge in [0, 0.05) is 24.7 Å². The van der Waals surface area contributed by atoms with Crippen molar-refractivity contribution in [3.63, 3.8) is 0 Å². The normalized spacial score (nSPS) is 14.6. The maximum absolute atomic E-state index is 12.8. The van der Waals surface area contributed by atoms with Gasteiger partial charge in [0.15, 0.2) is 5.76 Å². The van der Waals surface area contributed by atoms with E-state index in [1.807, 2.05) is 30.3 Å². The average molecular weight is 484 g/mol. The van der Waals surface area contributed by atoms with Crippen molar-refractivity contribution >= 4 is 27.5 Å². The van der Waals surface area contributed by atoms with E-state index < -0.39 is 10.0 Å². The number of benzene rings is 2. The number of nitrogens with two attached hydrogens (primary N) is 1. The zero-order valence-corrected chi connectivity index (χ0v) is 19.2. The van der Waals surface area contributed by atoms with Gasteiger partial charge in [-0.2, -0.15) is 0 Å². The number of nitrogens with zero attached hydrogens (tertiary/aromatic N) is 1. The molecule has 1 aliphatic heterocycles. The number of nitrogens with one attached hydrogen (secondary N) is 1. The number of amides is 2. The van der Waals surface area contributed by atoms with Gasteiger partial charge < -0.3 is 19.4 Å². The van der Waals surface area contributed by atoms with Crippen LogP contribution in [0.5, 0.6) is 5.75 Å². The van der Waals surface area contributed by atoms with Crippen LogP contribution in [-0.2, 0) is 21.4 Å². The van der Waals surface area contributed by atoms with Crippen molar-refractivity contribution in [3.8, 4) is 5.75 Å². The van der Waals surface area contributed by atoms with E-state index >= 15 is 0 Å². The van der Waals surface area contributed by atoms with Crippen LogP contribution in [0, 0.1) is 5.92 Å². The van der Waals surface area contributed by atoms with Crippen molar-refractivity contribution in [2.75, 3.05) is 18.4 Å². The summed E-state index contributed by atoms with van der Waals surface area (Å²) >= 11 is 0. The number of carbonyl (C=O) groups is 2. The second kappa shape index (κ2) is 10.1. The summed E-state index contributed by atoms with van der Waals surface area (Å²) in [5.41, 5.74) is 0.483. The number of piperidine rings is 1. The van der Waals surface area contributed by atoms with E-state index in [0.29, 0.717) is 43.1 Å². The molecule has 3 aromatic rings. The zero-order valence-electron chi connectivity index (χ0n) is 18.3. The lowest BCUT2D eigenvalue weighted by molar-refractivity contribution is -0.121. The molecule has 2 heterocycles. The van der Waals surface area contributed by atoms with Gasteiger partial charge >= 0.3 is 0 Å². The highest BCUT2D eigenvalue weighted by molar-refractivity contribution is 7.89.